The first-order valence-electron chi connectivity index (χ1n) is 11.2. The van der Waals surface area contributed by atoms with Crippen molar-refractivity contribution in [1.29, 1.82) is 0 Å². The van der Waals surface area contributed by atoms with Gasteiger partial charge in [0.25, 0.3) is 0 Å². The van der Waals surface area contributed by atoms with Gasteiger partial charge in [0.15, 0.2) is 11.5 Å². The van der Waals surface area contributed by atoms with Gasteiger partial charge in [-0.15, -0.1) is 0 Å². The second kappa shape index (κ2) is 7.82. The third-order valence-corrected chi connectivity index (χ3v) is 6.74. The molecule has 0 spiro atoms. The van der Waals surface area contributed by atoms with Crippen molar-refractivity contribution < 1.29 is 26.7 Å². The fourth-order valence-electron chi connectivity index (χ4n) is 4.43. The molecule has 1 amide bonds. The summed E-state index contributed by atoms with van der Waals surface area (Å²) in [7, 11) is 0. The van der Waals surface area contributed by atoms with Crippen LogP contribution in [0.4, 0.5) is 33.6 Å². The fraction of sp³-hybridized carbons (Fsp3) is 0.500. The van der Waals surface area contributed by atoms with E-state index in [1.165, 1.54) is 6.20 Å². The summed E-state index contributed by atoms with van der Waals surface area (Å²) < 4.78 is 65.9. The van der Waals surface area contributed by atoms with Crippen molar-refractivity contribution in [2.75, 3.05) is 11.1 Å². The van der Waals surface area contributed by atoms with Gasteiger partial charge in [-0.25, -0.2) is 19.6 Å². The molecule has 13 heteroatoms. The van der Waals surface area contributed by atoms with Crippen LogP contribution in [0, 0.1) is 5.92 Å². The van der Waals surface area contributed by atoms with Crippen molar-refractivity contribution in [1.82, 2.24) is 24.7 Å². The normalized spacial score (nSPS) is 20.3. The molecule has 1 aliphatic heterocycles. The lowest BCUT2D eigenvalue weighted by molar-refractivity contribution is -0.285. The van der Waals surface area contributed by atoms with Gasteiger partial charge in [-0.1, -0.05) is 12.8 Å². The molecule has 3 aromatic heterocycles. The number of pyridine rings is 1. The van der Waals surface area contributed by atoms with Crippen LogP contribution < -0.4 is 11.1 Å². The maximum Gasteiger partial charge on any atom is 0.453 e. The number of amides is 1. The molecular formula is C22H22F5N7O. The van der Waals surface area contributed by atoms with E-state index in [1.54, 1.807) is 19.1 Å². The zero-order chi connectivity index (χ0) is 25.2. The van der Waals surface area contributed by atoms with E-state index in [9.17, 15) is 26.7 Å². The number of anilines is 2. The summed E-state index contributed by atoms with van der Waals surface area (Å²) in [6.45, 7) is 1.06. The number of carbonyl (C=O) groups excluding carboxylic acids is 1. The predicted molar refractivity (Wildman–Crippen MR) is 117 cm³/mol. The molecule has 0 saturated heterocycles. The lowest BCUT2D eigenvalue weighted by atomic mass is 9.79. The van der Waals surface area contributed by atoms with E-state index in [0.29, 0.717) is 23.3 Å². The van der Waals surface area contributed by atoms with Gasteiger partial charge in [0.2, 0.25) is 5.91 Å². The van der Waals surface area contributed by atoms with Gasteiger partial charge in [-0.2, -0.15) is 27.1 Å². The smallest absolute Gasteiger partial charge is 0.383 e. The van der Waals surface area contributed by atoms with Crippen molar-refractivity contribution in [3.63, 3.8) is 0 Å². The summed E-state index contributed by atoms with van der Waals surface area (Å²) in [6, 6.07) is 3.14. The molecule has 35 heavy (non-hydrogen) atoms. The predicted octanol–water partition coefficient (Wildman–Crippen LogP) is 4.46. The van der Waals surface area contributed by atoms with E-state index in [2.05, 4.69) is 25.4 Å². The Hall–Kier alpha value is -3.38. The zero-order valence-electron chi connectivity index (χ0n) is 18.7. The Morgan fingerprint density at radius 2 is 1.97 bits per heavy atom. The number of nitrogen functional groups attached to an aromatic ring is 1. The number of fused-ring (bicyclic) bond motifs is 2. The van der Waals surface area contributed by atoms with E-state index in [-0.39, 0.29) is 34.7 Å². The topological polar surface area (TPSA) is 112 Å². The average Bonchev–Trinajstić information content (AvgIpc) is 3.49. The molecule has 1 atom stereocenters. The Balaban J connectivity index is 1.51. The Bertz CT molecular complexity index is 1320. The average molecular weight is 495 g/mol. The minimum absolute atomic E-state index is 0.00678. The molecule has 1 saturated carbocycles. The van der Waals surface area contributed by atoms with Crippen molar-refractivity contribution in [2.24, 2.45) is 5.92 Å². The second-order valence-corrected chi connectivity index (χ2v) is 9.32. The monoisotopic (exact) mass is 495 g/mol. The van der Waals surface area contributed by atoms with Crippen LogP contribution in [-0.2, 0) is 16.8 Å². The summed E-state index contributed by atoms with van der Waals surface area (Å²) in [5.41, 5.74) is 6.09. The summed E-state index contributed by atoms with van der Waals surface area (Å²) in [5.74, 6) is -4.19. The first-order valence-corrected chi connectivity index (χ1v) is 11.2. The maximum atomic E-state index is 13.5. The van der Waals surface area contributed by atoms with Crippen LogP contribution in [-0.4, -0.2) is 42.7 Å². The number of aryl methyl sites for hydroxylation is 1. The Labute approximate surface area is 196 Å². The van der Waals surface area contributed by atoms with E-state index in [4.69, 9.17) is 5.73 Å². The SMILES string of the molecule is CC1(CCC2CC2)C(=O)Nc2nc(-c3nn(CCC(F)(F)C(F)(F)F)c4ncccc34)nc(N)c21. The molecule has 1 unspecified atom stereocenters. The van der Waals surface area contributed by atoms with Crippen molar-refractivity contribution in [2.45, 2.75) is 63.1 Å². The number of hydrogen-bond donors (Lipinski definition) is 2. The fourth-order valence-corrected chi connectivity index (χ4v) is 4.43. The van der Waals surface area contributed by atoms with Crippen LogP contribution in [0.15, 0.2) is 18.3 Å². The maximum absolute atomic E-state index is 13.5. The highest BCUT2D eigenvalue weighted by molar-refractivity contribution is 6.06. The molecule has 0 bridgehead atoms. The standard InChI is InChI=1S/C22H22F5N7O/c1-20(7-6-11-4-5-11)13-15(28)30-17(31-16(13)32-19(20)35)14-12-3-2-9-29-18(12)34(33-14)10-8-21(23,24)22(25,26)27/h2-3,9,11H,4-8,10H2,1H3,(H3,28,30,31,32,35). The number of nitrogens with one attached hydrogen (secondary N) is 1. The molecule has 8 nitrogen and oxygen atoms in total. The molecule has 2 aliphatic rings. The quantitative estimate of drug-likeness (QED) is 0.468. The first kappa shape index (κ1) is 23.4. The summed E-state index contributed by atoms with van der Waals surface area (Å²) >= 11 is 0. The van der Waals surface area contributed by atoms with E-state index in [1.807, 2.05) is 0 Å². The molecule has 4 heterocycles. The number of nitrogens with zero attached hydrogens (tertiary/aromatic N) is 5. The number of halogens is 5. The number of aromatic nitrogens is 5. The highest BCUT2D eigenvalue weighted by Crippen LogP contribution is 2.46. The van der Waals surface area contributed by atoms with Gasteiger partial charge in [0.05, 0.1) is 16.4 Å². The van der Waals surface area contributed by atoms with Crippen LogP contribution in [0.1, 0.15) is 44.6 Å². The molecule has 1 aliphatic carbocycles. The molecule has 3 N–H and O–H groups in total. The van der Waals surface area contributed by atoms with Crippen molar-refractivity contribution in [3.8, 4) is 11.5 Å². The molecular weight excluding hydrogens is 473 g/mol. The van der Waals surface area contributed by atoms with Gasteiger partial charge >= 0.3 is 12.1 Å². The van der Waals surface area contributed by atoms with Crippen molar-refractivity contribution in [3.05, 3.63) is 23.9 Å². The third kappa shape index (κ3) is 3.96. The lowest BCUT2D eigenvalue weighted by Gasteiger charge is -2.22. The van der Waals surface area contributed by atoms with Crippen molar-refractivity contribution >= 4 is 28.6 Å². The number of hydrogen-bond acceptors (Lipinski definition) is 6. The number of rotatable bonds is 7. The zero-order valence-corrected chi connectivity index (χ0v) is 18.7. The molecule has 3 aromatic rings. The minimum Gasteiger partial charge on any atom is -0.383 e. The number of nitrogens with two attached hydrogens (primary N) is 1. The number of carbonyl (C=O) groups is 1. The van der Waals surface area contributed by atoms with Crippen LogP contribution in [0.2, 0.25) is 0 Å². The lowest BCUT2D eigenvalue weighted by Crippen LogP contribution is -2.37. The van der Waals surface area contributed by atoms with Crippen LogP contribution in [0.3, 0.4) is 0 Å². The summed E-state index contributed by atoms with van der Waals surface area (Å²) in [4.78, 5) is 25.7. The highest BCUT2D eigenvalue weighted by Gasteiger charge is 2.56. The van der Waals surface area contributed by atoms with E-state index in [0.717, 1.165) is 23.9 Å². The molecule has 0 aromatic carbocycles. The molecule has 5 rings (SSSR count). The largest absolute Gasteiger partial charge is 0.453 e. The van der Waals surface area contributed by atoms with Gasteiger partial charge < -0.3 is 11.1 Å². The van der Waals surface area contributed by atoms with Crippen LogP contribution in [0.25, 0.3) is 22.6 Å². The Kier molecular flexibility index (Phi) is 5.22. The summed E-state index contributed by atoms with van der Waals surface area (Å²) in [6.07, 6.45) is -2.04. The molecule has 186 valence electrons. The highest BCUT2D eigenvalue weighted by atomic mass is 19.4. The first-order chi connectivity index (χ1) is 16.4. The van der Waals surface area contributed by atoms with E-state index < -0.39 is 30.5 Å². The van der Waals surface area contributed by atoms with E-state index >= 15 is 0 Å². The second-order valence-electron chi connectivity index (χ2n) is 9.32. The van der Waals surface area contributed by atoms with Gasteiger partial charge in [0.1, 0.15) is 17.3 Å². The van der Waals surface area contributed by atoms with Crippen LogP contribution in [0.5, 0.6) is 0 Å². The molecule has 0 radical (unpaired) electrons. The third-order valence-electron chi connectivity index (χ3n) is 6.74. The van der Waals surface area contributed by atoms with Gasteiger partial charge in [0, 0.05) is 19.2 Å². The minimum atomic E-state index is -5.67. The number of alkyl halides is 5. The summed E-state index contributed by atoms with van der Waals surface area (Å²) in [5, 5.41) is 7.30. The Morgan fingerprint density at radius 1 is 1.23 bits per heavy atom. The van der Waals surface area contributed by atoms with Gasteiger partial charge in [-0.3, -0.25) is 4.79 Å². The molecule has 1 fully saturated rings. The van der Waals surface area contributed by atoms with Gasteiger partial charge in [-0.05, 0) is 37.8 Å². The van der Waals surface area contributed by atoms with Crippen LogP contribution >= 0.6 is 0 Å². The Morgan fingerprint density at radius 3 is 2.66 bits per heavy atom.